The van der Waals surface area contributed by atoms with Crippen molar-refractivity contribution < 1.29 is 27.4 Å². The van der Waals surface area contributed by atoms with Crippen molar-refractivity contribution in [1.82, 2.24) is 10.3 Å². The lowest BCUT2D eigenvalue weighted by Crippen LogP contribution is -2.32. The zero-order valence-electron chi connectivity index (χ0n) is 15.9. The fourth-order valence-corrected chi connectivity index (χ4v) is 3.83. The molecule has 1 aromatic heterocycles. The molecule has 31 heavy (non-hydrogen) atoms. The molecular weight excluding hydrogens is 411 g/mol. The number of pyridine rings is 1. The van der Waals surface area contributed by atoms with Crippen LogP contribution in [0, 0.1) is 23.4 Å². The Morgan fingerprint density at radius 2 is 1.84 bits per heavy atom. The van der Waals surface area contributed by atoms with E-state index in [4.69, 9.17) is 9.47 Å². The van der Waals surface area contributed by atoms with Crippen molar-refractivity contribution in [1.29, 1.82) is 0 Å². The van der Waals surface area contributed by atoms with Gasteiger partial charge in [-0.25, -0.2) is 22.9 Å². The van der Waals surface area contributed by atoms with Gasteiger partial charge in [-0.3, -0.25) is 5.32 Å². The molecule has 0 radical (unpaired) electrons. The molecule has 0 spiro atoms. The summed E-state index contributed by atoms with van der Waals surface area (Å²) in [5.74, 6) is -1.62. The Kier molecular flexibility index (Phi) is 4.65. The van der Waals surface area contributed by atoms with Crippen LogP contribution in [0.25, 0.3) is 0 Å². The minimum atomic E-state index is -0.619. The number of rotatable bonds is 4. The Balaban J connectivity index is 1.21. The molecule has 6 nitrogen and oxygen atoms in total. The van der Waals surface area contributed by atoms with E-state index in [9.17, 15) is 18.0 Å². The third-order valence-corrected chi connectivity index (χ3v) is 5.36. The van der Waals surface area contributed by atoms with Gasteiger partial charge in [-0.2, -0.15) is 0 Å². The van der Waals surface area contributed by atoms with Crippen molar-refractivity contribution in [2.75, 3.05) is 11.9 Å². The molecule has 9 heteroatoms. The van der Waals surface area contributed by atoms with Crippen LogP contribution in [0.15, 0.2) is 54.7 Å². The third kappa shape index (κ3) is 3.63. The van der Waals surface area contributed by atoms with Gasteiger partial charge in [-0.1, -0.05) is 12.1 Å². The Hall–Kier alpha value is -3.75. The van der Waals surface area contributed by atoms with E-state index in [-0.39, 0.29) is 47.4 Å². The van der Waals surface area contributed by atoms with E-state index in [1.807, 2.05) is 0 Å². The van der Waals surface area contributed by atoms with Crippen molar-refractivity contribution in [3.05, 3.63) is 77.7 Å². The SMILES string of the molecule is O=C(Nc1ccc(Oc2ccccc2F)cn1)NC1C2COc3c(F)ccc(F)c3C21. The molecule has 2 N–H and O–H groups in total. The number of halogens is 3. The van der Waals surface area contributed by atoms with Gasteiger partial charge in [0.05, 0.1) is 12.8 Å². The number of benzene rings is 2. The van der Waals surface area contributed by atoms with Crippen LogP contribution in [0.2, 0.25) is 0 Å². The lowest BCUT2D eigenvalue weighted by Gasteiger charge is -2.16. The summed E-state index contributed by atoms with van der Waals surface area (Å²) in [5, 5.41) is 5.33. The molecule has 2 aliphatic rings. The minimum absolute atomic E-state index is 0.0604. The summed E-state index contributed by atoms with van der Waals surface area (Å²) < 4.78 is 52.5. The number of para-hydroxylation sites is 1. The lowest BCUT2D eigenvalue weighted by molar-refractivity contribution is 0.247. The van der Waals surface area contributed by atoms with Crippen LogP contribution in [0.5, 0.6) is 17.2 Å². The van der Waals surface area contributed by atoms with Crippen LogP contribution in [0.3, 0.4) is 0 Å². The highest BCUT2D eigenvalue weighted by molar-refractivity contribution is 5.89. The molecule has 2 amide bonds. The molecule has 5 rings (SSSR count). The largest absolute Gasteiger partial charge is 0.490 e. The summed E-state index contributed by atoms with van der Waals surface area (Å²) in [7, 11) is 0. The predicted octanol–water partition coefficient (Wildman–Crippen LogP) is 4.59. The molecular formula is C22H16F3N3O3. The van der Waals surface area contributed by atoms with Crippen molar-refractivity contribution in [3.8, 4) is 17.2 Å². The van der Waals surface area contributed by atoms with Gasteiger partial charge in [0.2, 0.25) is 0 Å². The second kappa shape index (κ2) is 7.50. The van der Waals surface area contributed by atoms with Gasteiger partial charge in [-0.15, -0.1) is 0 Å². The molecule has 1 aliphatic heterocycles. The smallest absolute Gasteiger partial charge is 0.320 e. The van der Waals surface area contributed by atoms with Crippen LogP contribution >= 0.6 is 0 Å². The average molecular weight is 427 g/mol. The predicted molar refractivity (Wildman–Crippen MR) is 105 cm³/mol. The Morgan fingerprint density at radius 3 is 2.61 bits per heavy atom. The molecule has 3 atom stereocenters. The summed E-state index contributed by atoms with van der Waals surface area (Å²) in [6, 6.07) is 10.2. The minimum Gasteiger partial charge on any atom is -0.490 e. The molecule has 2 aromatic carbocycles. The summed E-state index contributed by atoms with van der Waals surface area (Å²) in [6.07, 6.45) is 1.35. The van der Waals surface area contributed by atoms with Gasteiger partial charge in [-0.05, 0) is 36.4 Å². The highest BCUT2D eigenvalue weighted by atomic mass is 19.1. The summed E-state index contributed by atoms with van der Waals surface area (Å²) in [6.45, 7) is 0.198. The number of anilines is 1. The molecule has 3 aromatic rings. The standard InChI is InChI=1S/C22H16F3N3O3/c23-13-3-1-2-4-16(13)31-11-5-8-17(26-9-11)27-22(29)28-20-12-10-30-21-15(25)7-6-14(24)19(21)18(12)20/h1-9,12,18,20H,10H2,(H2,26,27,28,29). The van der Waals surface area contributed by atoms with Gasteiger partial charge in [0.15, 0.2) is 23.1 Å². The van der Waals surface area contributed by atoms with Crippen molar-refractivity contribution in [2.24, 2.45) is 5.92 Å². The van der Waals surface area contributed by atoms with E-state index in [1.165, 1.54) is 30.5 Å². The monoisotopic (exact) mass is 427 g/mol. The van der Waals surface area contributed by atoms with Gasteiger partial charge >= 0.3 is 6.03 Å². The fraction of sp³-hybridized carbons (Fsp3) is 0.182. The number of hydrogen-bond donors (Lipinski definition) is 2. The normalized spacial score (nSPS) is 20.7. The van der Waals surface area contributed by atoms with Crippen molar-refractivity contribution in [3.63, 3.8) is 0 Å². The first kappa shape index (κ1) is 19.2. The maximum atomic E-state index is 14.2. The Bertz CT molecular complexity index is 1160. The first-order valence-corrected chi connectivity index (χ1v) is 9.58. The van der Waals surface area contributed by atoms with E-state index in [1.54, 1.807) is 12.1 Å². The van der Waals surface area contributed by atoms with Crippen LogP contribution in [-0.2, 0) is 0 Å². The molecule has 0 saturated heterocycles. The Labute approximate surface area is 175 Å². The third-order valence-electron chi connectivity index (χ3n) is 5.36. The van der Waals surface area contributed by atoms with Crippen molar-refractivity contribution >= 4 is 11.8 Å². The quantitative estimate of drug-likeness (QED) is 0.639. The number of amides is 2. The number of carbonyl (C=O) groups excluding carboxylic acids is 1. The van der Waals surface area contributed by atoms with E-state index in [0.717, 1.165) is 12.1 Å². The van der Waals surface area contributed by atoms with Crippen LogP contribution in [0.4, 0.5) is 23.8 Å². The van der Waals surface area contributed by atoms with E-state index in [0.29, 0.717) is 5.75 Å². The number of urea groups is 1. The highest BCUT2D eigenvalue weighted by Crippen LogP contribution is 2.55. The molecule has 1 saturated carbocycles. The Morgan fingerprint density at radius 1 is 1.03 bits per heavy atom. The topological polar surface area (TPSA) is 72.5 Å². The van der Waals surface area contributed by atoms with Gasteiger partial charge in [0.1, 0.15) is 17.4 Å². The fourth-order valence-electron chi connectivity index (χ4n) is 3.83. The number of nitrogens with one attached hydrogen (secondary N) is 2. The van der Waals surface area contributed by atoms with Gasteiger partial charge in [0, 0.05) is 23.4 Å². The van der Waals surface area contributed by atoms with E-state index >= 15 is 0 Å². The number of carbonyl (C=O) groups is 1. The van der Waals surface area contributed by atoms with Crippen LogP contribution in [-0.4, -0.2) is 23.7 Å². The van der Waals surface area contributed by atoms with Crippen LogP contribution < -0.4 is 20.1 Å². The molecule has 158 valence electrons. The lowest BCUT2D eigenvalue weighted by atomic mass is 10.0. The number of nitrogens with zero attached hydrogens (tertiary/aromatic N) is 1. The summed E-state index contributed by atoms with van der Waals surface area (Å²) in [5.41, 5.74) is 0.161. The number of hydrogen-bond acceptors (Lipinski definition) is 4. The first-order chi connectivity index (χ1) is 15.0. The molecule has 3 unspecified atom stereocenters. The molecule has 2 heterocycles. The maximum absolute atomic E-state index is 14.2. The van der Waals surface area contributed by atoms with Gasteiger partial charge in [0.25, 0.3) is 0 Å². The first-order valence-electron chi connectivity index (χ1n) is 9.58. The van der Waals surface area contributed by atoms with E-state index in [2.05, 4.69) is 15.6 Å². The zero-order chi connectivity index (χ0) is 21.5. The number of fused-ring (bicyclic) bond motifs is 3. The summed E-state index contributed by atoms with van der Waals surface area (Å²) >= 11 is 0. The molecule has 0 bridgehead atoms. The number of aromatic nitrogens is 1. The zero-order valence-corrected chi connectivity index (χ0v) is 15.9. The summed E-state index contributed by atoms with van der Waals surface area (Å²) in [4.78, 5) is 16.4. The molecule has 1 aliphatic carbocycles. The second-order valence-corrected chi connectivity index (χ2v) is 7.31. The highest BCUT2D eigenvalue weighted by Gasteiger charge is 2.57. The second-order valence-electron chi connectivity index (χ2n) is 7.31. The van der Waals surface area contributed by atoms with E-state index < -0.39 is 23.5 Å². The maximum Gasteiger partial charge on any atom is 0.320 e. The van der Waals surface area contributed by atoms with Gasteiger partial charge < -0.3 is 14.8 Å². The molecule has 1 fully saturated rings. The van der Waals surface area contributed by atoms with Crippen LogP contribution in [0.1, 0.15) is 11.5 Å². The average Bonchev–Trinajstić information content (AvgIpc) is 3.46. The van der Waals surface area contributed by atoms with Crippen molar-refractivity contribution in [2.45, 2.75) is 12.0 Å². The number of ether oxygens (including phenoxy) is 2.